The van der Waals surface area contributed by atoms with Gasteiger partial charge >= 0.3 is 0 Å². The van der Waals surface area contributed by atoms with Gasteiger partial charge in [-0.1, -0.05) is 5.21 Å². The molecule has 0 fully saturated rings. The zero-order valence-corrected chi connectivity index (χ0v) is 30.5. The highest BCUT2D eigenvalue weighted by Crippen LogP contribution is 2.08. The van der Waals surface area contributed by atoms with Crippen molar-refractivity contribution in [3.63, 3.8) is 0 Å². The van der Waals surface area contributed by atoms with Crippen molar-refractivity contribution in [1.29, 1.82) is 0 Å². The van der Waals surface area contributed by atoms with Crippen molar-refractivity contribution in [1.82, 2.24) is 30.9 Å². The van der Waals surface area contributed by atoms with Crippen LogP contribution < -0.4 is 16.0 Å². The highest BCUT2D eigenvalue weighted by atomic mass is 18.2. The average molecular weight is 748 g/mol. The lowest BCUT2D eigenvalue weighted by Crippen LogP contribution is -2.42. The Balaban J connectivity index is 2.06. The van der Waals surface area contributed by atoms with Gasteiger partial charge in [0.05, 0.1) is 111 Å². The standard InChI is InChI=1S/C33H57FN6O12/c1-35-31(43)7-4-28(41)3-5-29(30(42)6-8-32(44)36-2)37-33(45)9-12-46-15-18-49-21-22-50-20-17-48-14-11-40-25-27(38-39-40)26-52-24-23-51-19-16-47-13-10-34/h25,29H,3-24,26H2,1-2H3,(H,35,43)(H,36,44)(H,37,45)/t29-/m0/s1/i34-1. The van der Waals surface area contributed by atoms with Crippen molar-refractivity contribution in [2.75, 3.05) is 107 Å². The number of Topliss-reactive ketones (excluding diaryl/α,β-unsaturated/α-hetero) is 2. The molecule has 0 bridgehead atoms. The summed E-state index contributed by atoms with van der Waals surface area (Å²) in [4.78, 5) is 60.3. The maximum Gasteiger partial charge on any atom is 0.222 e. The van der Waals surface area contributed by atoms with Crippen molar-refractivity contribution in [3.8, 4) is 0 Å². The van der Waals surface area contributed by atoms with E-state index in [0.29, 0.717) is 84.9 Å². The van der Waals surface area contributed by atoms with Gasteiger partial charge in [0.25, 0.3) is 0 Å². The minimum atomic E-state index is -0.923. The minimum absolute atomic E-state index is 0.00229. The number of halogens is 1. The number of aromatic nitrogens is 3. The van der Waals surface area contributed by atoms with Crippen molar-refractivity contribution in [2.24, 2.45) is 0 Å². The van der Waals surface area contributed by atoms with E-state index in [2.05, 4.69) is 26.3 Å². The third kappa shape index (κ3) is 26.3. The number of hydrogen-bond acceptors (Lipinski definition) is 14. The van der Waals surface area contributed by atoms with E-state index in [1.54, 1.807) is 10.9 Å². The summed E-state index contributed by atoms with van der Waals surface area (Å²) in [6.07, 6.45) is 1.86. The van der Waals surface area contributed by atoms with Gasteiger partial charge in [-0.05, 0) is 6.42 Å². The van der Waals surface area contributed by atoms with E-state index in [-0.39, 0.29) is 88.1 Å². The maximum atomic E-state index is 12.7. The first-order chi connectivity index (χ1) is 25.3. The summed E-state index contributed by atoms with van der Waals surface area (Å²) in [5.74, 6) is -1.53. The fourth-order valence-electron chi connectivity index (χ4n) is 4.19. The number of rotatable bonds is 36. The van der Waals surface area contributed by atoms with Crippen molar-refractivity contribution < 1.29 is 61.5 Å². The molecule has 1 aromatic heterocycles. The summed E-state index contributed by atoms with van der Waals surface area (Å²) in [7, 11) is 2.95. The number of nitrogens with one attached hydrogen (secondary N) is 3. The lowest BCUT2D eigenvalue weighted by Gasteiger charge is -2.17. The van der Waals surface area contributed by atoms with Gasteiger partial charge < -0.3 is 49.1 Å². The highest BCUT2D eigenvalue weighted by molar-refractivity contribution is 5.92. The summed E-state index contributed by atoms with van der Waals surface area (Å²) < 4.78 is 51.3. The molecule has 0 spiro atoms. The third-order valence-corrected chi connectivity index (χ3v) is 7.08. The molecule has 0 aromatic carbocycles. The number of ketones is 2. The molecule has 0 unspecified atom stereocenters. The molecule has 298 valence electrons. The first-order valence-electron chi connectivity index (χ1n) is 17.5. The van der Waals surface area contributed by atoms with Gasteiger partial charge in [-0.25, -0.2) is 9.07 Å². The van der Waals surface area contributed by atoms with Crippen molar-refractivity contribution in [2.45, 2.75) is 64.1 Å². The van der Waals surface area contributed by atoms with Crippen LogP contribution in [0.15, 0.2) is 6.20 Å². The molecule has 3 amide bonds. The number of alkyl halides is 1. The zero-order valence-electron chi connectivity index (χ0n) is 30.5. The zero-order chi connectivity index (χ0) is 38.1. The Morgan fingerprint density at radius 3 is 1.73 bits per heavy atom. The second kappa shape index (κ2) is 32.2. The van der Waals surface area contributed by atoms with Gasteiger partial charge in [-0.15, -0.1) is 5.10 Å². The molecule has 0 saturated heterocycles. The summed E-state index contributed by atoms with van der Waals surface area (Å²) in [5.41, 5.74) is 0.692. The Bertz CT molecular complexity index is 1130. The van der Waals surface area contributed by atoms with Gasteiger partial charge in [0, 0.05) is 52.6 Å². The van der Waals surface area contributed by atoms with E-state index >= 15 is 0 Å². The van der Waals surface area contributed by atoms with Crippen LogP contribution in [0.1, 0.15) is 50.6 Å². The van der Waals surface area contributed by atoms with Gasteiger partial charge in [0.1, 0.15) is 18.2 Å². The van der Waals surface area contributed by atoms with Gasteiger partial charge in [-0.2, -0.15) is 0 Å². The third-order valence-electron chi connectivity index (χ3n) is 7.08. The molecule has 1 heterocycles. The number of amides is 3. The molecule has 1 aromatic rings. The number of carbonyl (C=O) groups is 5. The van der Waals surface area contributed by atoms with Crippen molar-refractivity contribution in [3.05, 3.63) is 11.9 Å². The molecule has 0 aliphatic heterocycles. The van der Waals surface area contributed by atoms with Gasteiger partial charge in [0.15, 0.2) is 5.78 Å². The molecular weight excluding hydrogens is 690 g/mol. The molecule has 0 saturated carbocycles. The van der Waals surface area contributed by atoms with Crippen LogP contribution in [-0.4, -0.2) is 157 Å². The lowest BCUT2D eigenvalue weighted by molar-refractivity contribution is -0.130. The number of ether oxygens (including phenoxy) is 7. The lowest BCUT2D eigenvalue weighted by atomic mass is 9.99. The first-order valence-corrected chi connectivity index (χ1v) is 17.5. The number of hydrogen-bond donors (Lipinski definition) is 3. The van der Waals surface area contributed by atoms with Crippen LogP contribution in [0.25, 0.3) is 0 Å². The molecule has 19 heteroatoms. The summed E-state index contributed by atoms with van der Waals surface area (Å²) in [6, 6.07) is -0.923. The Morgan fingerprint density at radius 2 is 1.15 bits per heavy atom. The molecule has 0 radical (unpaired) electrons. The van der Waals surface area contributed by atoms with Crippen LogP contribution in [0.5, 0.6) is 0 Å². The highest BCUT2D eigenvalue weighted by Gasteiger charge is 2.22. The number of nitrogens with zero attached hydrogens (tertiary/aromatic N) is 3. The van der Waals surface area contributed by atoms with E-state index in [4.69, 9.17) is 33.2 Å². The van der Waals surface area contributed by atoms with Crippen LogP contribution in [-0.2, 0) is 70.3 Å². The topological polar surface area (TPSA) is 217 Å². The largest absolute Gasteiger partial charge is 0.379 e. The summed E-state index contributed by atoms with van der Waals surface area (Å²) >= 11 is 0. The second-order valence-electron chi connectivity index (χ2n) is 11.1. The molecular formula is C33H57FN6O12. The van der Waals surface area contributed by atoms with Crippen LogP contribution in [0.2, 0.25) is 0 Å². The Kier molecular flexibility index (Phi) is 28.8. The van der Waals surface area contributed by atoms with Gasteiger partial charge in [0.2, 0.25) is 17.7 Å². The smallest absolute Gasteiger partial charge is 0.222 e. The summed E-state index contributed by atoms with van der Waals surface area (Å²) in [5, 5.41) is 15.6. The molecule has 0 aliphatic rings. The first kappa shape index (κ1) is 46.6. The fraction of sp³-hybridized carbons (Fsp3) is 0.788. The van der Waals surface area contributed by atoms with E-state index in [1.165, 1.54) is 14.1 Å². The molecule has 3 N–H and O–H groups in total. The number of carbonyl (C=O) groups excluding carboxylic acids is 5. The van der Waals surface area contributed by atoms with Crippen LogP contribution in [0.4, 0.5) is 4.39 Å². The van der Waals surface area contributed by atoms with Crippen LogP contribution in [0, 0.1) is 0 Å². The predicted octanol–water partition coefficient (Wildman–Crippen LogP) is -0.290. The SMILES string of the molecule is CNC(=O)CCC(=O)CC[C@H](NC(=O)CCOCCOCCOCCOCCn1cc(COCCOCCOCC[18F])nn1)C(=O)CCC(=O)NC. The minimum Gasteiger partial charge on any atom is -0.379 e. The Hall–Kier alpha value is -3.46. The Labute approximate surface area is 304 Å². The van der Waals surface area contributed by atoms with Crippen LogP contribution in [0.3, 0.4) is 0 Å². The van der Waals surface area contributed by atoms with E-state index in [1.807, 2.05) is 0 Å². The fourth-order valence-corrected chi connectivity index (χ4v) is 4.19. The predicted molar refractivity (Wildman–Crippen MR) is 183 cm³/mol. The normalized spacial score (nSPS) is 11.7. The Morgan fingerprint density at radius 1 is 0.635 bits per heavy atom. The molecule has 1 atom stereocenters. The van der Waals surface area contributed by atoms with E-state index < -0.39 is 18.6 Å². The molecule has 0 aliphatic carbocycles. The molecule has 52 heavy (non-hydrogen) atoms. The molecule has 18 nitrogen and oxygen atoms in total. The van der Waals surface area contributed by atoms with Gasteiger partial charge in [-0.3, -0.25) is 24.0 Å². The van der Waals surface area contributed by atoms with E-state index in [9.17, 15) is 28.4 Å². The van der Waals surface area contributed by atoms with Crippen LogP contribution >= 0.6 is 0 Å². The maximum absolute atomic E-state index is 12.7. The van der Waals surface area contributed by atoms with E-state index in [0.717, 1.165) is 0 Å². The quantitative estimate of drug-likeness (QED) is 0.0753. The molecule has 1 rings (SSSR count). The van der Waals surface area contributed by atoms with Crippen molar-refractivity contribution >= 4 is 29.3 Å². The monoisotopic (exact) mass is 747 g/mol. The summed E-state index contributed by atoms with van der Waals surface area (Å²) in [6.45, 7) is 4.59. The second-order valence-corrected chi connectivity index (χ2v) is 11.1. The average Bonchev–Trinajstić information content (AvgIpc) is 3.60.